The van der Waals surface area contributed by atoms with Gasteiger partial charge in [0.1, 0.15) is 18.2 Å². The van der Waals surface area contributed by atoms with Gasteiger partial charge in [0, 0.05) is 6.07 Å². The number of methoxy groups -OCH3 is 1. The van der Waals surface area contributed by atoms with Crippen molar-refractivity contribution in [3.63, 3.8) is 0 Å². The van der Waals surface area contributed by atoms with Gasteiger partial charge in [0.2, 0.25) is 5.90 Å². The van der Waals surface area contributed by atoms with Crippen molar-refractivity contribution in [3.05, 3.63) is 29.6 Å². The highest BCUT2D eigenvalue weighted by Crippen LogP contribution is 2.22. The molecule has 0 saturated heterocycles. The highest BCUT2D eigenvalue weighted by atomic mass is 19.1. The molecule has 0 amide bonds. The van der Waals surface area contributed by atoms with E-state index in [1.54, 1.807) is 6.07 Å². The van der Waals surface area contributed by atoms with Gasteiger partial charge in [-0.3, -0.25) is 0 Å². The van der Waals surface area contributed by atoms with Crippen LogP contribution in [-0.2, 0) is 4.74 Å². The fraction of sp³-hybridized carbons (Fsp3) is 0.300. The van der Waals surface area contributed by atoms with Gasteiger partial charge in [0.05, 0.1) is 19.2 Å². The number of nitrogens with zero attached hydrogens (tertiary/aromatic N) is 1. The summed E-state index contributed by atoms with van der Waals surface area (Å²) in [7, 11) is 1.49. The van der Waals surface area contributed by atoms with Crippen LogP contribution in [0.1, 0.15) is 5.56 Å². The van der Waals surface area contributed by atoms with Crippen LogP contribution < -0.4 is 4.74 Å². The van der Waals surface area contributed by atoms with Crippen molar-refractivity contribution >= 4 is 5.90 Å². The molecular formula is C10H10FNO2. The van der Waals surface area contributed by atoms with Crippen LogP contribution in [0.3, 0.4) is 0 Å². The molecule has 0 aliphatic carbocycles. The molecule has 0 aromatic heterocycles. The van der Waals surface area contributed by atoms with Crippen molar-refractivity contribution < 1.29 is 13.9 Å². The van der Waals surface area contributed by atoms with E-state index in [0.717, 1.165) is 0 Å². The summed E-state index contributed by atoms with van der Waals surface area (Å²) in [6.45, 7) is 1.23. The Balaban J connectivity index is 2.41. The fourth-order valence-corrected chi connectivity index (χ4v) is 1.34. The van der Waals surface area contributed by atoms with Gasteiger partial charge in [-0.25, -0.2) is 9.38 Å². The predicted molar refractivity (Wildman–Crippen MR) is 50.3 cm³/mol. The van der Waals surface area contributed by atoms with Crippen molar-refractivity contribution in [2.24, 2.45) is 4.99 Å². The van der Waals surface area contributed by atoms with E-state index in [9.17, 15) is 4.39 Å². The SMILES string of the molecule is COc1cc(F)ccc1C1=NCCO1. The van der Waals surface area contributed by atoms with Crippen LogP contribution >= 0.6 is 0 Å². The first-order chi connectivity index (χ1) is 6.81. The normalized spacial score (nSPS) is 14.9. The molecule has 0 saturated carbocycles. The Kier molecular flexibility index (Phi) is 2.35. The fourth-order valence-electron chi connectivity index (χ4n) is 1.34. The molecule has 1 aromatic carbocycles. The van der Waals surface area contributed by atoms with E-state index >= 15 is 0 Å². The molecule has 2 rings (SSSR count). The first-order valence-corrected chi connectivity index (χ1v) is 4.32. The van der Waals surface area contributed by atoms with Gasteiger partial charge < -0.3 is 9.47 Å². The number of ether oxygens (including phenoxy) is 2. The largest absolute Gasteiger partial charge is 0.496 e. The third-order valence-corrected chi connectivity index (χ3v) is 1.98. The molecular weight excluding hydrogens is 185 g/mol. The second-order valence-electron chi connectivity index (χ2n) is 2.88. The van der Waals surface area contributed by atoms with E-state index in [2.05, 4.69) is 4.99 Å². The number of aliphatic imine (C=N–C) groups is 1. The average molecular weight is 195 g/mol. The van der Waals surface area contributed by atoms with Crippen molar-refractivity contribution in [1.82, 2.24) is 0 Å². The molecule has 4 heteroatoms. The Morgan fingerprint density at radius 2 is 2.36 bits per heavy atom. The van der Waals surface area contributed by atoms with E-state index in [1.807, 2.05) is 0 Å². The molecule has 1 aliphatic heterocycles. The molecule has 0 unspecified atom stereocenters. The van der Waals surface area contributed by atoms with Crippen LogP contribution in [0.15, 0.2) is 23.2 Å². The molecule has 1 heterocycles. The lowest BCUT2D eigenvalue weighted by atomic mass is 10.2. The molecule has 0 N–H and O–H groups in total. The van der Waals surface area contributed by atoms with E-state index < -0.39 is 0 Å². The summed E-state index contributed by atoms with van der Waals surface area (Å²) in [5.74, 6) is 0.650. The van der Waals surface area contributed by atoms with Crippen molar-refractivity contribution in [2.45, 2.75) is 0 Å². The smallest absolute Gasteiger partial charge is 0.220 e. The van der Waals surface area contributed by atoms with Crippen LogP contribution in [0.2, 0.25) is 0 Å². The molecule has 0 radical (unpaired) electrons. The van der Waals surface area contributed by atoms with Gasteiger partial charge in [-0.15, -0.1) is 0 Å². The third-order valence-electron chi connectivity index (χ3n) is 1.98. The summed E-state index contributed by atoms with van der Waals surface area (Å²) < 4.78 is 23.2. The Bertz CT molecular complexity index is 376. The maximum absolute atomic E-state index is 12.9. The maximum Gasteiger partial charge on any atom is 0.220 e. The van der Waals surface area contributed by atoms with E-state index in [1.165, 1.54) is 19.2 Å². The molecule has 0 fully saturated rings. The number of halogens is 1. The van der Waals surface area contributed by atoms with Crippen LogP contribution in [-0.4, -0.2) is 26.2 Å². The van der Waals surface area contributed by atoms with Gasteiger partial charge >= 0.3 is 0 Å². The lowest BCUT2D eigenvalue weighted by Crippen LogP contribution is -2.04. The van der Waals surface area contributed by atoms with Crippen LogP contribution in [0.5, 0.6) is 5.75 Å². The minimum atomic E-state index is -0.329. The molecule has 0 bridgehead atoms. The molecule has 1 aromatic rings. The summed E-state index contributed by atoms with van der Waals surface area (Å²) in [5, 5.41) is 0. The molecule has 1 aliphatic rings. The molecule has 0 spiro atoms. The van der Waals surface area contributed by atoms with Crippen LogP contribution in [0, 0.1) is 5.82 Å². The zero-order valence-corrected chi connectivity index (χ0v) is 7.79. The summed E-state index contributed by atoms with van der Waals surface area (Å²) in [5.41, 5.74) is 0.700. The minimum absolute atomic E-state index is 0.329. The zero-order valence-electron chi connectivity index (χ0n) is 7.79. The van der Waals surface area contributed by atoms with Gasteiger partial charge in [-0.2, -0.15) is 0 Å². The van der Waals surface area contributed by atoms with Gasteiger partial charge in [0.15, 0.2) is 0 Å². The summed E-state index contributed by atoms with van der Waals surface area (Å²) in [6.07, 6.45) is 0. The summed E-state index contributed by atoms with van der Waals surface area (Å²) in [4.78, 5) is 4.14. The highest BCUT2D eigenvalue weighted by molar-refractivity contribution is 5.97. The standard InChI is InChI=1S/C10H10FNO2/c1-13-9-6-7(11)2-3-8(9)10-12-4-5-14-10/h2-3,6H,4-5H2,1H3. The molecule has 3 nitrogen and oxygen atoms in total. The number of hydrogen-bond donors (Lipinski definition) is 0. The Hall–Kier alpha value is -1.58. The number of hydrogen-bond acceptors (Lipinski definition) is 3. The van der Waals surface area contributed by atoms with Crippen molar-refractivity contribution in [3.8, 4) is 5.75 Å². The highest BCUT2D eigenvalue weighted by Gasteiger charge is 2.15. The quantitative estimate of drug-likeness (QED) is 0.717. The zero-order chi connectivity index (χ0) is 9.97. The monoisotopic (exact) mass is 195 g/mol. The van der Waals surface area contributed by atoms with Crippen LogP contribution in [0.4, 0.5) is 4.39 Å². The molecule has 14 heavy (non-hydrogen) atoms. The van der Waals surface area contributed by atoms with Gasteiger partial charge in [0.25, 0.3) is 0 Å². The van der Waals surface area contributed by atoms with E-state index in [-0.39, 0.29) is 5.82 Å². The average Bonchev–Trinajstić information content (AvgIpc) is 2.70. The van der Waals surface area contributed by atoms with Gasteiger partial charge in [-0.1, -0.05) is 0 Å². The minimum Gasteiger partial charge on any atom is -0.496 e. The van der Waals surface area contributed by atoms with E-state index in [0.29, 0.717) is 30.4 Å². The Morgan fingerprint density at radius 1 is 1.50 bits per heavy atom. The van der Waals surface area contributed by atoms with Crippen molar-refractivity contribution in [2.75, 3.05) is 20.3 Å². The van der Waals surface area contributed by atoms with Crippen molar-refractivity contribution in [1.29, 1.82) is 0 Å². The lowest BCUT2D eigenvalue weighted by Gasteiger charge is -2.07. The van der Waals surface area contributed by atoms with Gasteiger partial charge in [-0.05, 0) is 12.1 Å². The lowest BCUT2D eigenvalue weighted by molar-refractivity contribution is 0.345. The Morgan fingerprint density at radius 3 is 3.00 bits per heavy atom. The first-order valence-electron chi connectivity index (χ1n) is 4.32. The summed E-state index contributed by atoms with van der Waals surface area (Å²) >= 11 is 0. The van der Waals surface area contributed by atoms with Crippen LogP contribution in [0.25, 0.3) is 0 Å². The number of benzene rings is 1. The summed E-state index contributed by atoms with van der Waals surface area (Å²) in [6, 6.07) is 4.29. The third kappa shape index (κ3) is 1.55. The first kappa shape index (κ1) is 8.99. The second kappa shape index (κ2) is 3.65. The maximum atomic E-state index is 12.9. The Labute approximate surface area is 81.2 Å². The topological polar surface area (TPSA) is 30.8 Å². The predicted octanol–water partition coefficient (Wildman–Crippen LogP) is 1.61. The molecule has 74 valence electrons. The van der Waals surface area contributed by atoms with E-state index in [4.69, 9.17) is 9.47 Å². The number of rotatable bonds is 2. The molecule has 0 atom stereocenters. The second-order valence-corrected chi connectivity index (χ2v) is 2.88.